The minimum absolute atomic E-state index is 0.0639. The summed E-state index contributed by atoms with van der Waals surface area (Å²) in [6.07, 6.45) is 2.00. The van der Waals surface area contributed by atoms with Gasteiger partial charge in [0, 0.05) is 30.0 Å². The Labute approximate surface area is 198 Å². The van der Waals surface area contributed by atoms with Crippen molar-refractivity contribution in [3.05, 3.63) is 59.0 Å². The molecule has 0 saturated heterocycles. The maximum atomic E-state index is 12.8. The summed E-state index contributed by atoms with van der Waals surface area (Å²) in [5.74, 6) is 0.870. The molecule has 3 rings (SSSR count). The summed E-state index contributed by atoms with van der Waals surface area (Å²) >= 11 is 1.36. The largest absolute Gasteiger partial charge is 0.490 e. The van der Waals surface area contributed by atoms with Gasteiger partial charge in [0.05, 0.1) is 18.9 Å². The standard InChI is InChI=1S/C25H29N3O4S/c1-4-6-13-32-22-12-11-20(14-23(22)31-5-2)24(30)28-25-27-21(16-33-25)19-9-7-18(8-10-19)15-26-17(3)29/h7-12,14,16H,4-6,13,15H2,1-3H3,(H,26,29)(H,27,28,30). The first-order chi connectivity index (χ1) is 16.0. The molecule has 2 aromatic carbocycles. The predicted octanol–water partition coefficient (Wildman–Crippen LogP) is 5.28. The molecule has 0 saturated carbocycles. The molecule has 1 heterocycles. The SMILES string of the molecule is CCCCOc1ccc(C(=O)Nc2nc(-c3ccc(CNC(C)=O)cc3)cs2)cc1OCC. The Kier molecular flexibility index (Phi) is 8.83. The van der Waals surface area contributed by atoms with Crippen molar-refractivity contribution < 1.29 is 19.1 Å². The van der Waals surface area contributed by atoms with Crippen molar-refractivity contribution in [2.75, 3.05) is 18.5 Å². The maximum Gasteiger partial charge on any atom is 0.257 e. The average Bonchev–Trinajstić information content (AvgIpc) is 3.27. The second kappa shape index (κ2) is 12.0. The number of benzene rings is 2. The molecule has 0 unspecified atom stereocenters. The number of nitrogens with one attached hydrogen (secondary N) is 2. The molecule has 8 heteroatoms. The zero-order chi connectivity index (χ0) is 23.6. The van der Waals surface area contributed by atoms with Crippen molar-refractivity contribution in [1.82, 2.24) is 10.3 Å². The molecule has 0 fully saturated rings. The van der Waals surface area contributed by atoms with Gasteiger partial charge in [-0.2, -0.15) is 0 Å². The summed E-state index contributed by atoms with van der Waals surface area (Å²) in [5, 5.41) is 8.04. The van der Waals surface area contributed by atoms with Crippen molar-refractivity contribution in [3.63, 3.8) is 0 Å². The first-order valence-corrected chi connectivity index (χ1v) is 11.9. The Balaban J connectivity index is 1.66. The van der Waals surface area contributed by atoms with E-state index in [-0.39, 0.29) is 11.8 Å². The lowest BCUT2D eigenvalue weighted by Gasteiger charge is -2.13. The van der Waals surface area contributed by atoms with Gasteiger partial charge in [0.15, 0.2) is 16.6 Å². The van der Waals surface area contributed by atoms with E-state index in [1.165, 1.54) is 18.3 Å². The minimum Gasteiger partial charge on any atom is -0.490 e. The van der Waals surface area contributed by atoms with Crippen LogP contribution in [0.15, 0.2) is 47.8 Å². The molecule has 7 nitrogen and oxygen atoms in total. The summed E-state index contributed by atoms with van der Waals surface area (Å²) < 4.78 is 11.5. The highest BCUT2D eigenvalue weighted by Crippen LogP contribution is 2.30. The first-order valence-electron chi connectivity index (χ1n) is 11.0. The Morgan fingerprint density at radius 2 is 1.82 bits per heavy atom. The molecule has 2 N–H and O–H groups in total. The van der Waals surface area contributed by atoms with E-state index >= 15 is 0 Å². The molecule has 2 amide bonds. The monoisotopic (exact) mass is 467 g/mol. The van der Waals surface area contributed by atoms with Crippen LogP contribution in [0, 0.1) is 0 Å². The second-order valence-electron chi connectivity index (χ2n) is 7.40. The molecule has 0 bridgehead atoms. The molecule has 0 aliphatic carbocycles. The number of carbonyl (C=O) groups excluding carboxylic acids is 2. The number of nitrogens with zero attached hydrogens (tertiary/aromatic N) is 1. The molecule has 0 aliphatic heterocycles. The van der Waals surface area contributed by atoms with Crippen LogP contribution in [0.5, 0.6) is 11.5 Å². The summed E-state index contributed by atoms with van der Waals surface area (Å²) in [4.78, 5) is 28.4. The number of unbranched alkanes of at least 4 members (excludes halogenated alkanes) is 1. The van der Waals surface area contributed by atoms with Crippen LogP contribution >= 0.6 is 11.3 Å². The van der Waals surface area contributed by atoms with Crippen LogP contribution < -0.4 is 20.1 Å². The van der Waals surface area contributed by atoms with Crippen LogP contribution in [0.25, 0.3) is 11.3 Å². The van der Waals surface area contributed by atoms with Crippen LogP contribution in [0.1, 0.15) is 49.5 Å². The van der Waals surface area contributed by atoms with Crippen LogP contribution in [0.3, 0.4) is 0 Å². The van der Waals surface area contributed by atoms with Gasteiger partial charge < -0.3 is 14.8 Å². The highest BCUT2D eigenvalue weighted by molar-refractivity contribution is 7.14. The third-order valence-electron chi connectivity index (χ3n) is 4.78. The number of hydrogen-bond donors (Lipinski definition) is 2. The Hall–Kier alpha value is -3.39. The number of carbonyl (C=O) groups is 2. The predicted molar refractivity (Wildman–Crippen MR) is 131 cm³/mol. The Morgan fingerprint density at radius 1 is 1.03 bits per heavy atom. The fraction of sp³-hybridized carbons (Fsp3) is 0.320. The minimum atomic E-state index is -0.261. The van der Waals surface area contributed by atoms with Gasteiger partial charge in [0.2, 0.25) is 5.91 Å². The lowest BCUT2D eigenvalue weighted by Crippen LogP contribution is -2.18. The van der Waals surface area contributed by atoms with Crippen LogP contribution in [-0.2, 0) is 11.3 Å². The van der Waals surface area contributed by atoms with E-state index in [1.807, 2.05) is 36.6 Å². The molecule has 0 radical (unpaired) electrons. The summed E-state index contributed by atoms with van der Waals surface area (Å²) in [6.45, 7) is 7.07. The maximum absolute atomic E-state index is 12.8. The highest BCUT2D eigenvalue weighted by atomic mass is 32.1. The quantitative estimate of drug-likeness (QED) is 0.375. The third-order valence-corrected chi connectivity index (χ3v) is 5.53. The fourth-order valence-corrected chi connectivity index (χ4v) is 3.73. The van der Waals surface area contributed by atoms with E-state index in [1.54, 1.807) is 18.2 Å². The Bertz CT molecular complexity index is 1080. The summed E-state index contributed by atoms with van der Waals surface area (Å²) in [5.41, 5.74) is 3.19. The Morgan fingerprint density at radius 3 is 2.52 bits per heavy atom. The highest BCUT2D eigenvalue weighted by Gasteiger charge is 2.14. The van der Waals surface area contributed by atoms with E-state index in [9.17, 15) is 9.59 Å². The molecule has 33 heavy (non-hydrogen) atoms. The number of amides is 2. The van der Waals surface area contributed by atoms with Gasteiger partial charge in [-0.1, -0.05) is 37.6 Å². The average molecular weight is 468 g/mol. The number of rotatable bonds is 11. The molecule has 0 atom stereocenters. The molecule has 3 aromatic rings. The van der Waals surface area contributed by atoms with Crippen molar-refractivity contribution in [1.29, 1.82) is 0 Å². The van der Waals surface area contributed by atoms with Gasteiger partial charge >= 0.3 is 0 Å². The smallest absolute Gasteiger partial charge is 0.257 e. The van der Waals surface area contributed by atoms with E-state index in [0.29, 0.717) is 42.0 Å². The zero-order valence-corrected chi connectivity index (χ0v) is 20.0. The lowest BCUT2D eigenvalue weighted by atomic mass is 10.1. The molecular formula is C25H29N3O4S. The van der Waals surface area contributed by atoms with Gasteiger partial charge in [-0.15, -0.1) is 11.3 Å². The van der Waals surface area contributed by atoms with Crippen molar-refractivity contribution >= 4 is 28.3 Å². The molecule has 174 valence electrons. The van der Waals surface area contributed by atoms with Gasteiger partial charge in [-0.25, -0.2) is 4.98 Å². The van der Waals surface area contributed by atoms with E-state index < -0.39 is 0 Å². The topological polar surface area (TPSA) is 89.5 Å². The van der Waals surface area contributed by atoms with Crippen LogP contribution in [-0.4, -0.2) is 30.0 Å². The number of thiazole rings is 1. The fourth-order valence-electron chi connectivity index (χ4n) is 3.02. The van der Waals surface area contributed by atoms with Crippen molar-refractivity contribution in [2.45, 2.75) is 40.2 Å². The van der Waals surface area contributed by atoms with Crippen LogP contribution in [0.4, 0.5) is 5.13 Å². The number of ether oxygens (including phenoxy) is 2. The number of anilines is 1. The molecule has 0 aliphatic rings. The van der Waals surface area contributed by atoms with Gasteiger partial charge in [-0.3, -0.25) is 14.9 Å². The summed E-state index contributed by atoms with van der Waals surface area (Å²) in [6, 6.07) is 13.0. The summed E-state index contributed by atoms with van der Waals surface area (Å²) in [7, 11) is 0. The first kappa shape index (κ1) is 24.3. The lowest BCUT2D eigenvalue weighted by molar-refractivity contribution is -0.119. The van der Waals surface area contributed by atoms with Gasteiger partial charge in [0.25, 0.3) is 5.91 Å². The van der Waals surface area contributed by atoms with Crippen LogP contribution in [0.2, 0.25) is 0 Å². The second-order valence-corrected chi connectivity index (χ2v) is 8.25. The molecule has 0 spiro atoms. The van der Waals surface area contributed by atoms with Crippen molar-refractivity contribution in [3.8, 4) is 22.8 Å². The van der Waals surface area contributed by atoms with Gasteiger partial charge in [0.1, 0.15) is 0 Å². The van der Waals surface area contributed by atoms with E-state index in [2.05, 4.69) is 22.5 Å². The molecular weight excluding hydrogens is 438 g/mol. The third kappa shape index (κ3) is 7.05. The van der Waals surface area contributed by atoms with Gasteiger partial charge in [-0.05, 0) is 37.1 Å². The van der Waals surface area contributed by atoms with E-state index in [4.69, 9.17) is 9.47 Å². The number of hydrogen-bond acceptors (Lipinski definition) is 6. The zero-order valence-electron chi connectivity index (χ0n) is 19.1. The van der Waals surface area contributed by atoms with E-state index in [0.717, 1.165) is 29.7 Å². The number of aromatic nitrogens is 1. The van der Waals surface area contributed by atoms with Crippen molar-refractivity contribution in [2.24, 2.45) is 0 Å². The molecule has 1 aromatic heterocycles. The normalized spacial score (nSPS) is 10.5.